The van der Waals surface area contributed by atoms with Crippen molar-refractivity contribution in [1.82, 2.24) is 0 Å². The number of anilines is 1. The van der Waals surface area contributed by atoms with Crippen LogP contribution < -0.4 is 10.5 Å². The smallest absolute Gasteiger partial charge is 0.194 e. The highest BCUT2D eigenvalue weighted by Gasteiger charge is 2.03. The summed E-state index contributed by atoms with van der Waals surface area (Å²) in [5.41, 5.74) is 5.78. The summed E-state index contributed by atoms with van der Waals surface area (Å²) in [5, 5.41) is 17.8. The summed E-state index contributed by atoms with van der Waals surface area (Å²) in [4.78, 5) is 0. The monoisotopic (exact) mass is 169 g/mol. The Morgan fingerprint density at radius 3 is 2.67 bits per heavy atom. The van der Waals surface area contributed by atoms with Crippen molar-refractivity contribution in [1.29, 1.82) is 0 Å². The third-order valence-electron chi connectivity index (χ3n) is 1.29. The third kappa shape index (κ3) is 2.03. The molecule has 0 aliphatic heterocycles. The first-order chi connectivity index (χ1) is 5.59. The molecule has 66 valence electrons. The Morgan fingerprint density at radius 2 is 2.17 bits per heavy atom. The molecule has 12 heavy (non-hydrogen) atoms. The zero-order chi connectivity index (χ0) is 9.14. The first-order valence-corrected chi connectivity index (χ1v) is 3.53. The number of hydrogen-bond acceptors (Lipinski definition) is 4. The molecule has 0 heterocycles. The van der Waals surface area contributed by atoms with E-state index in [1.807, 2.05) is 0 Å². The van der Waals surface area contributed by atoms with Gasteiger partial charge >= 0.3 is 0 Å². The van der Waals surface area contributed by atoms with E-state index < -0.39 is 6.29 Å². The first-order valence-electron chi connectivity index (χ1n) is 3.53. The Hall–Kier alpha value is -1.42. The summed E-state index contributed by atoms with van der Waals surface area (Å²) >= 11 is 0. The molecule has 4 nitrogen and oxygen atoms in total. The van der Waals surface area contributed by atoms with E-state index in [1.165, 1.54) is 25.1 Å². The normalized spacial score (nSPS) is 12.5. The number of nitrogen functional groups attached to an aromatic ring is 1. The van der Waals surface area contributed by atoms with Crippen LogP contribution in [0.2, 0.25) is 0 Å². The van der Waals surface area contributed by atoms with Crippen molar-refractivity contribution in [2.75, 3.05) is 5.73 Å². The van der Waals surface area contributed by atoms with Crippen LogP contribution in [0.15, 0.2) is 18.2 Å². The van der Waals surface area contributed by atoms with Crippen molar-refractivity contribution in [2.45, 2.75) is 13.2 Å². The van der Waals surface area contributed by atoms with Gasteiger partial charge in [0.2, 0.25) is 0 Å². The summed E-state index contributed by atoms with van der Waals surface area (Å²) in [5.74, 6) is 0.438. The van der Waals surface area contributed by atoms with Crippen LogP contribution in [0.4, 0.5) is 5.69 Å². The SMILES string of the molecule is CC(O)Oc1ccc(O)cc1N. The molecule has 0 spiro atoms. The molecule has 1 rings (SSSR count). The van der Waals surface area contributed by atoms with Gasteiger partial charge in [0, 0.05) is 6.07 Å². The zero-order valence-corrected chi connectivity index (χ0v) is 6.69. The fraction of sp³-hybridized carbons (Fsp3) is 0.250. The predicted molar refractivity (Wildman–Crippen MR) is 44.8 cm³/mol. The van der Waals surface area contributed by atoms with Gasteiger partial charge in [-0.25, -0.2) is 0 Å². The number of phenolic OH excluding ortho intramolecular Hbond substituents is 1. The molecule has 1 atom stereocenters. The maximum atomic E-state index is 8.97. The third-order valence-corrected chi connectivity index (χ3v) is 1.29. The van der Waals surface area contributed by atoms with Crippen LogP contribution in [0.5, 0.6) is 11.5 Å². The van der Waals surface area contributed by atoms with Crippen molar-refractivity contribution in [2.24, 2.45) is 0 Å². The lowest BCUT2D eigenvalue weighted by atomic mass is 10.3. The van der Waals surface area contributed by atoms with Crippen LogP contribution in [-0.4, -0.2) is 16.5 Å². The van der Waals surface area contributed by atoms with Crippen LogP contribution in [0.25, 0.3) is 0 Å². The van der Waals surface area contributed by atoms with Gasteiger partial charge in [0.1, 0.15) is 11.5 Å². The standard InChI is InChI=1S/C8H11NO3/c1-5(10)12-8-3-2-6(11)4-7(8)9/h2-5,10-11H,9H2,1H3. The molecule has 1 unspecified atom stereocenters. The van der Waals surface area contributed by atoms with E-state index in [0.717, 1.165) is 0 Å². The average molecular weight is 169 g/mol. The number of hydrogen-bond donors (Lipinski definition) is 3. The number of aromatic hydroxyl groups is 1. The summed E-state index contributed by atoms with van der Waals surface area (Å²) in [6.07, 6.45) is -0.906. The lowest BCUT2D eigenvalue weighted by molar-refractivity contribution is 0.000238. The number of benzene rings is 1. The lowest BCUT2D eigenvalue weighted by Crippen LogP contribution is -2.10. The number of ether oxygens (including phenoxy) is 1. The Balaban J connectivity index is 2.86. The summed E-state index contributed by atoms with van der Waals surface area (Å²) < 4.78 is 4.92. The molecule has 0 saturated heterocycles. The quantitative estimate of drug-likeness (QED) is 0.449. The van der Waals surface area contributed by atoms with Gasteiger partial charge in [-0.2, -0.15) is 0 Å². The molecule has 0 aromatic heterocycles. The van der Waals surface area contributed by atoms with Crippen LogP contribution in [0.1, 0.15) is 6.92 Å². The molecular formula is C8H11NO3. The molecule has 0 aliphatic rings. The van der Waals surface area contributed by atoms with E-state index in [1.54, 1.807) is 0 Å². The minimum Gasteiger partial charge on any atom is -0.508 e. The second kappa shape index (κ2) is 3.32. The molecule has 4 heteroatoms. The summed E-state index contributed by atoms with van der Waals surface area (Å²) in [7, 11) is 0. The minimum atomic E-state index is -0.906. The highest BCUT2D eigenvalue weighted by Crippen LogP contribution is 2.25. The summed E-state index contributed by atoms with van der Waals surface area (Å²) in [6, 6.07) is 4.29. The summed E-state index contributed by atoms with van der Waals surface area (Å²) in [6.45, 7) is 1.48. The average Bonchev–Trinajstić information content (AvgIpc) is 1.94. The molecule has 1 aromatic carbocycles. The largest absolute Gasteiger partial charge is 0.508 e. The van der Waals surface area contributed by atoms with Gasteiger partial charge in [-0.3, -0.25) is 0 Å². The fourth-order valence-electron chi connectivity index (χ4n) is 0.827. The minimum absolute atomic E-state index is 0.0745. The number of nitrogens with two attached hydrogens (primary N) is 1. The van der Waals surface area contributed by atoms with Crippen molar-refractivity contribution in [3.8, 4) is 11.5 Å². The first kappa shape index (κ1) is 8.67. The van der Waals surface area contributed by atoms with E-state index in [0.29, 0.717) is 11.4 Å². The van der Waals surface area contributed by atoms with E-state index in [9.17, 15) is 0 Å². The van der Waals surface area contributed by atoms with Crippen molar-refractivity contribution in [3.05, 3.63) is 18.2 Å². The number of aliphatic hydroxyl groups excluding tert-OH is 1. The van der Waals surface area contributed by atoms with Crippen molar-refractivity contribution < 1.29 is 14.9 Å². The highest BCUT2D eigenvalue weighted by molar-refractivity contribution is 5.55. The van der Waals surface area contributed by atoms with E-state index in [4.69, 9.17) is 20.7 Å². The lowest BCUT2D eigenvalue weighted by Gasteiger charge is -2.10. The van der Waals surface area contributed by atoms with Gasteiger partial charge in [0.15, 0.2) is 6.29 Å². The second-order valence-electron chi connectivity index (χ2n) is 2.44. The zero-order valence-electron chi connectivity index (χ0n) is 6.69. The maximum Gasteiger partial charge on any atom is 0.194 e. The Kier molecular flexibility index (Phi) is 2.40. The molecule has 0 aliphatic carbocycles. The van der Waals surface area contributed by atoms with Gasteiger partial charge in [-0.05, 0) is 19.1 Å². The molecule has 4 N–H and O–H groups in total. The Labute approximate surface area is 70.2 Å². The van der Waals surface area contributed by atoms with Gasteiger partial charge in [0.25, 0.3) is 0 Å². The molecular weight excluding hydrogens is 158 g/mol. The Bertz CT molecular complexity index is 273. The van der Waals surface area contributed by atoms with Gasteiger partial charge < -0.3 is 20.7 Å². The number of aliphatic hydroxyl groups is 1. The molecule has 0 radical (unpaired) electrons. The molecule has 0 amide bonds. The van der Waals surface area contributed by atoms with E-state index in [-0.39, 0.29) is 5.75 Å². The van der Waals surface area contributed by atoms with Gasteiger partial charge in [0.05, 0.1) is 5.69 Å². The topological polar surface area (TPSA) is 75.7 Å². The van der Waals surface area contributed by atoms with Crippen molar-refractivity contribution in [3.63, 3.8) is 0 Å². The van der Waals surface area contributed by atoms with Crippen LogP contribution >= 0.6 is 0 Å². The van der Waals surface area contributed by atoms with Gasteiger partial charge in [-0.15, -0.1) is 0 Å². The molecule has 0 saturated carbocycles. The van der Waals surface area contributed by atoms with Crippen LogP contribution in [-0.2, 0) is 0 Å². The second-order valence-corrected chi connectivity index (χ2v) is 2.44. The molecule has 1 aromatic rings. The fourth-order valence-corrected chi connectivity index (χ4v) is 0.827. The van der Waals surface area contributed by atoms with Crippen LogP contribution in [0, 0.1) is 0 Å². The van der Waals surface area contributed by atoms with Crippen LogP contribution in [0.3, 0.4) is 0 Å². The maximum absolute atomic E-state index is 8.97. The molecule has 0 bridgehead atoms. The van der Waals surface area contributed by atoms with Gasteiger partial charge in [-0.1, -0.05) is 0 Å². The highest BCUT2D eigenvalue weighted by atomic mass is 16.6. The van der Waals surface area contributed by atoms with Crippen molar-refractivity contribution >= 4 is 5.69 Å². The predicted octanol–water partition coefficient (Wildman–Crippen LogP) is 0.692. The number of phenols is 1. The number of rotatable bonds is 2. The van der Waals surface area contributed by atoms with E-state index >= 15 is 0 Å². The van der Waals surface area contributed by atoms with E-state index in [2.05, 4.69) is 0 Å². The Morgan fingerprint density at radius 1 is 1.50 bits per heavy atom. The molecule has 0 fully saturated rings.